The molecule has 0 saturated heterocycles. The maximum atomic E-state index is 12.5. The molecule has 0 amide bonds. The van der Waals surface area contributed by atoms with E-state index in [1.54, 1.807) is 0 Å². The number of Topliss-reactive ketones (excluding diaryl/α,β-unsaturated/α-hetero) is 1. The minimum absolute atomic E-state index is 0.0372. The molecule has 0 unspecified atom stereocenters. The second-order valence-corrected chi connectivity index (χ2v) is 8.71. The van der Waals surface area contributed by atoms with Crippen molar-refractivity contribution in [3.05, 3.63) is 46.3 Å². The van der Waals surface area contributed by atoms with Crippen LogP contribution in [0.4, 0.5) is 22.3 Å². The largest absolute Gasteiger partial charge is 0.382 e. The molecule has 2 aromatic heterocycles. The third kappa shape index (κ3) is 3.28. The lowest BCUT2D eigenvalue weighted by atomic mass is 9.75. The van der Waals surface area contributed by atoms with Crippen LogP contribution in [0.15, 0.2) is 40.6 Å². The van der Waals surface area contributed by atoms with E-state index in [1.165, 1.54) is 16.0 Å². The van der Waals surface area contributed by atoms with E-state index in [4.69, 9.17) is 11.5 Å². The van der Waals surface area contributed by atoms with Gasteiger partial charge in [0.1, 0.15) is 6.07 Å². The zero-order valence-electron chi connectivity index (χ0n) is 16.0. The Morgan fingerprint density at radius 2 is 1.93 bits per heavy atom. The Labute approximate surface area is 171 Å². The summed E-state index contributed by atoms with van der Waals surface area (Å²) in [5.41, 5.74) is 14.1. The molecule has 0 radical (unpaired) electrons. The Bertz CT molecular complexity index is 1180. The van der Waals surface area contributed by atoms with Gasteiger partial charge in [-0.25, -0.2) is 4.68 Å². The van der Waals surface area contributed by atoms with Crippen molar-refractivity contribution in [2.45, 2.75) is 26.7 Å². The number of anilines is 2. The summed E-state index contributed by atoms with van der Waals surface area (Å²) in [6, 6.07) is 11.5. The van der Waals surface area contributed by atoms with Gasteiger partial charge >= 0.3 is 0 Å². The van der Waals surface area contributed by atoms with Gasteiger partial charge in [0.2, 0.25) is 0 Å². The van der Waals surface area contributed by atoms with Crippen molar-refractivity contribution >= 4 is 39.4 Å². The van der Waals surface area contributed by atoms with Crippen LogP contribution in [0.1, 0.15) is 41.1 Å². The second kappa shape index (κ2) is 6.83. The molecule has 1 aliphatic carbocycles. The minimum Gasteiger partial charge on any atom is -0.382 e. The fourth-order valence-electron chi connectivity index (χ4n) is 3.49. The van der Waals surface area contributed by atoms with Crippen molar-refractivity contribution in [3.63, 3.8) is 0 Å². The van der Waals surface area contributed by atoms with Crippen LogP contribution in [0.2, 0.25) is 0 Å². The number of azo groups is 1. The normalized spacial score (nSPS) is 15.4. The summed E-state index contributed by atoms with van der Waals surface area (Å²) in [6.45, 7) is 4.04. The number of aromatic nitrogens is 2. The number of nitrogens with two attached hydrogens (primary N) is 2. The fourth-order valence-corrected chi connectivity index (χ4v) is 4.52. The van der Waals surface area contributed by atoms with E-state index < -0.39 is 0 Å². The first-order valence-electron chi connectivity index (χ1n) is 9.01. The second-order valence-electron chi connectivity index (χ2n) is 7.71. The van der Waals surface area contributed by atoms with Crippen molar-refractivity contribution in [3.8, 4) is 11.8 Å². The number of ketones is 1. The smallest absolute Gasteiger partial charge is 0.176 e. The Balaban J connectivity index is 1.74. The summed E-state index contributed by atoms with van der Waals surface area (Å²) in [5, 5.41) is 22.7. The summed E-state index contributed by atoms with van der Waals surface area (Å²) in [4.78, 5) is 13.1. The quantitative estimate of drug-likeness (QED) is 0.617. The maximum absolute atomic E-state index is 12.5. The first-order valence-corrected chi connectivity index (χ1v) is 9.82. The van der Waals surface area contributed by atoms with Crippen LogP contribution in [-0.2, 0) is 6.42 Å². The topological polar surface area (TPSA) is 135 Å². The predicted molar refractivity (Wildman–Crippen MR) is 112 cm³/mol. The maximum Gasteiger partial charge on any atom is 0.176 e. The van der Waals surface area contributed by atoms with Gasteiger partial charge in [-0.1, -0.05) is 32.0 Å². The van der Waals surface area contributed by atoms with E-state index in [-0.39, 0.29) is 28.5 Å². The van der Waals surface area contributed by atoms with E-state index in [0.717, 1.165) is 11.3 Å². The number of para-hydroxylation sites is 1. The Morgan fingerprint density at radius 3 is 2.62 bits per heavy atom. The Kier molecular flexibility index (Phi) is 4.43. The van der Waals surface area contributed by atoms with Gasteiger partial charge in [0, 0.05) is 6.42 Å². The van der Waals surface area contributed by atoms with Gasteiger partial charge in [0.15, 0.2) is 28.1 Å². The van der Waals surface area contributed by atoms with Gasteiger partial charge in [-0.05, 0) is 29.5 Å². The average Bonchev–Trinajstić information content (AvgIpc) is 3.16. The molecule has 4 N–H and O–H groups in total. The summed E-state index contributed by atoms with van der Waals surface area (Å²) >= 11 is 1.19. The predicted octanol–water partition coefficient (Wildman–Crippen LogP) is 4.54. The lowest BCUT2D eigenvalue weighted by molar-refractivity contribution is 0.0917. The zero-order valence-corrected chi connectivity index (χ0v) is 16.8. The van der Waals surface area contributed by atoms with Crippen LogP contribution in [-0.4, -0.2) is 15.6 Å². The van der Waals surface area contributed by atoms with Crippen LogP contribution in [0.25, 0.3) is 5.69 Å². The molecule has 2 heterocycles. The highest BCUT2D eigenvalue weighted by atomic mass is 32.1. The third-order valence-corrected chi connectivity index (χ3v) is 5.97. The van der Waals surface area contributed by atoms with Crippen LogP contribution < -0.4 is 11.5 Å². The van der Waals surface area contributed by atoms with Gasteiger partial charge in [0.25, 0.3) is 0 Å². The van der Waals surface area contributed by atoms with Crippen molar-refractivity contribution in [2.24, 2.45) is 15.6 Å². The monoisotopic (exact) mass is 405 g/mol. The van der Waals surface area contributed by atoms with Gasteiger partial charge in [-0.2, -0.15) is 5.26 Å². The Morgan fingerprint density at radius 1 is 1.21 bits per heavy atom. The fraction of sp³-hybridized carbons (Fsp3) is 0.250. The van der Waals surface area contributed by atoms with E-state index in [0.29, 0.717) is 28.3 Å². The van der Waals surface area contributed by atoms with Crippen molar-refractivity contribution in [1.29, 1.82) is 5.26 Å². The highest BCUT2D eigenvalue weighted by molar-refractivity contribution is 7.18. The molecular weight excluding hydrogens is 386 g/mol. The molecule has 8 nitrogen and oxygen atoms in total. The summed E-state index contributed by atoms with van der Waals surface area (Å²) in [6.07, 6.45) is 1.10. The highest BCUT2D eigenvalue weighted by Crippen LogP contribution is 2.45. The minimum atomic E-state index is -0.184. The van der Waals surface area contributed by atoms with Crippen molar-refractivity contribution in [2.75, 3.05) is 11.5 Å². The third-order valence-electron chi connectivity index (χ3n) is 4.81. The molecule has 0 spiro atoms. The molecule has 0 bridgehead atoms. The first-order chi connectivity index (χ1) is 13.8. The standard InChI is InChI=1S/C20H19N7OS/c1-20(2)8-12-13(10-21)19(29-16(12)14(28)9-20)25-24-15-17(22)26-27(18(15)23)11-6-4-3-5-7-11/h3-7H,8-9,23H2,1-2H3,(H2,22,26). The molecule has 1 aliphatic rings. The molecule has 1 aromatic carbocycles. The lowest BCUT2D eigenvalue weighted by Crippen LogP contribution is -2.25. The molecular formula is C20H19N7OS. The number of nitrogens with zero attached hydrogens (tertiary/aromatic N) is 5. The molecule has 9 heteroatoms. The van der Waals surface area contributed by atoms with E-state index in [9.17, 15) is 10.1 Å². The summed E-state index contributed by atoms with van der Waals surface area (Å²) in [7, 11) is 0. The van der Waals surface area contributed by atoms with Gasteiger partial charge in [-0.3, -0.25) is 4.79 Å². The zero-order chi connectivity index (χ0) is 20.8. The van der Waals surface area contributed by atoms with Gasteiger partial charge in [-0.15, -0.1) is 26.7 Å². The number of nitrogen functional groups attached to an aromatic ring is 2. The van der Waals surface area contributed by atoms with Crippen LogP contribution in [0.5, 0.6) is 0 Å². The van der Waals surface area contributed by atoms with E-state index in [2.05, 4.69) is 21.4 Å². The number of fused-ring (bicyclic) bond motifs is 1. The number of hydrogen-bond donors (Lipinski definition) is 2. The number of carbonyl (C=O) groups excluding carboxylic acids is 1. The summed E-state index contributed by atoms with van der Waals surface area (Å²) in [5.74, 6) is 0.414. The molecule has 146 valence electrons. The van der Waals surface area contributed by atoms with Gasteiger partial charge < -0.3 is 11.5 Å². The lowest BCUT2D eigenvalue weighted by Gasteiger charge is -2.28. The molecule has 3 aromatic rings. The average molecular weight is 405 g/mol. The van der Waals surface area contributed by atoms with Crippen molar-refractivity contribution < 1.29 is 4.79 Å². The SMILES string of the molecule is CC1(C)CC(=O)c2sc(N=Nc3c(N)nn(-c4ccccc4)c3N)c(C#N)c2C1. The number of nitriles is 1. The van der Waals surface area contributed by atoms with Crippen molar-refractivity contribution in [1.82, 2.24) is 9.78 Å². The summed E-state index contributed by atoms with van der Waals surface area (Å²) < 4.78 is 1.49. The first kappa shape index (κ1) is 18.8. The number of benzene rings is 1. The molecule has 0 fully saturated rings. The van der Waals surface area contributed by atoms with Gasteiger partial charge in [0.05, 0.1) is 16.1 Å². The number of thiophene rings is 1. The molecule has 0 saturated carbocycles. The number of carbonyl (C=O) groups is 1. The van der Waals surface area contributed by atoms with E-state index in [1.807, 2.05) is 44.2 Å². The molecule has 0 atom stereocenters. The van der Waals surface area contributed by atoms with Crippen LogP contribution >= 0.6 is 11.3 Å². The van der Waals surface area contributed by atoms with Crippen LogP contribution in [0.3, 0.4) is 0 Å². The molecule has 29 heavy (non-hydrogen) atoms. The molecule has 4 rings (SSSR count). The number of rotatable bonds is 3. The Hall–Kier alpha value is -3.51. The highest BCUT2D eigenvalue weighted by Gasteiger charge is 2.35. The number of hydrogen-bond acceptors (Lipinski definition) is 8. The molecule has 0 aliphatic heterocycles. The van der Waals surface area contributed by atoms with E-state index >= 15 is 0 Å². The van der Waals surface area contributed by atoms with Crippen LogP contribution in [0, 0.1) is 16.7 Å².